The van der Waals surface area contributed by atoms with Crippen molar-refractivity contribution in [2.45, 2.75) is 12.5 Å². The van der Waals surface area contributed by atoms with Gasteiger partial charge >= 0.3 is 0 Å². The van der Waals surface area contributed by atoms with Crippen LogP contribution in [0, 0.1) is 0 Å². The van der Waals surface area contributed by atoms with Gasteiger partial charge in [0.05, 0.1) is 12.6 Å². The summed E-state index contributed by atoms with van der Waals surface area (Å²) in [5.41, 5.74) is 0. The number of carbonyl (C=O) groups is 1. The molecule has 5 nitrogen and oxygen atoms in total. The van der Waals surface area contributed by atoms with Crippen molar-refractivity contribution >= 4 is 5.91 Å². The number of nitrogens with zero attached hydrogens (tertiary/aromatic N) is 2. The predicted octanol–water partition coefficient (Wildman–Crippen LogP) is -0.615. The van der Waals surface area contributed by atoms with Gasteiger partial charge in [-0.1, -0.05) is 0 Å². The summed E-state index contributed by atoms with van der Waals surface area (Å²) < 4.78 is 5.01. The molecule has 0 saturated carbocycles. The van der Waals surface area contributed by atoms with Crippen molar-refractivity contribution in [2.24, 2.45) is 0 Å². The molecule has 1 saturated heterocycles. The van der Waals surface area contributed by atoms with E-state index in [9.17, 15) is 4.79 Å². The molecule has 0 aromatic heterocycles. The Morgan fingerprint density at radius 2 is 2.31 bits per heavy atom. The summed E-state index contributed by atoms with van der Waals surface area (Å²) in [7, 11) is 5.60. The molecule has 94 valence electrons. The van der Waals surface area contributed by atoms with Gasteiger partial charge in [0, 0.05) is 33.3 Å². The van der Waals surface area contributed by atoms with Crippen LogP contribution >= 0.6 is 0 Å². The lowest BCUT2D eigenvalue weighted by molar-refractivity contribution is -0.129. The number of hydrogen-bond donors (Lipinski definition) is 1. The topological polar surface area (TPSA) is 44.8 Å². The van der Waals surface area contributed by atoms with E-state index >= 15 is 0 Å². The zero-order valence-electron chi connectivity index (χ0n) is 10.5. The number of rotatable bonds is 7. The Morgan fingerprint density at radius 1 is 1.56 bits per heavy atom. The second kappa shape index (κ2) is 6.83. The number of nitrogens with one attached hydrogen (secondary N) is 1. The van der Waals surface area contributed by atoms with Gasteiger partial charge in [-0.3, -0.25) is 4.79 Å². The SMILES string of the molecule is CNC1CCN(CCN(C)CCOC)C1=O. The van der Waals surface area contributed by atoms with Crippen molar-refractivity contribution in [2.75, 3.05) is 54.0 Å². The van der Waals surface area contributed by atoms with Gasteiger partial charge in [0.1, 0.15) is 0 Å². The first-order valence-corrected chi connectivity index (χ1v) is 5.82. The Morgan fingerprint density at radius 3 is 2.88 bits per heavy atom. The van der Waals surface area contributed by atoms with Gasteiger partial charge in [0.15, 0.2) is 0 Å². The maximum atomic E-state index is 11.8. The third-order valence-corrected chi connectivity index (χ3v) is 3.07. The summed E-state index contributed by atoms with van der Waals surface area (Å²) in [6.07, 6.45) is 0.928. The third kappa shape index (κ3) is 3.73. The van der Waals surface area contributed by atoms with Gasteiger partial charge in [-0.05, 0) is 20.5 Å². The molecule has 0 aromatic carbocycles. The molecule has 1 atom stereocenters. The van der Waals surface area contributed by atoms with Crippen LogP contribution in [0.25, 0.3) is 0 Å². The highest BCUT2D eigenvalue weighted by Gasteiger charge is 2.29. The van der Waals surface area contributed by atoms with Crippen molar-refractivity contribution < 1.29 is 9.53 Å². The maximum Gasteiger partial charge on any atom is 0.239 e. The molecule has 16 heavy (non-hydrogen) atoms. The minimum Gasteiger partial charge on any atom is -0.383 e. The molecule has 0 aliphatic carbocycles. The number of likely N-dealkylation sites (N-methyl/N-ethyl adjacent to an activating group) is 2. The summed E-state index contributed by atoms with van der Waals surface area (Å²) in [6, 6.07) is 0.0317. The largest absolute Gasteiger partial charge is 0.383 e. The zero-order chi connectivity index (χ0) is 12.0. The number of hydrogen-bond acceptors (Lipinski definition) is 4. The Labute approximate surface area is 97.7 Å². The van der Waals surface area contributed by atoms with Crippen molar-refractivity contribution in [3.05, 3.63) is 0 Å². The standard InChI is InChI=1S/C11H23N3O2/c1-12-10-4-5-14(11(10)15)7-6-13(2)8-9-16-3/h10,12H,4-9H2,1-3H3. The summed E-state index contributed by atoms with van der Waals surface area (Å²) in [4.78, 5) is 15.9. The molecule has 1 N–H and O–H groups in total. The molecule has 1 heterocycles. The highest BCUT2D eigenvalue weighted by molar-refractivity contribution is 5.83. The minimum atomic E-state index is 0.0317. The lowest BCUT2D eigenvalue weighted by Gasteiger charge is -2.21. The second-order valence-corrected chi connectivity index (χ2v) is 4.25. The van der Waals surface area contributed by atoms with Crippen LogP contribution < -0.4 is 5.32 Å². The van der Waals surface area contributed by atoms with E-state index < -0.39 is 0 Å². The normalized spacial score (nSPS) is 21.1. The summed E-state index contributed by atoms with van der Waals surface area (Å²) >= 11 is 0. The second-order valence-electron chi connectivity index (χ2n) is 4.25. The molecular weight excluding hydrogens is 206 g/mol. The van der Waals surface area contributed by atoms with Crippen LogP contribution in [0.15, 0.2) is 0 Å². The Kier molecular flexibility index (Phi) is 5.73. The van der Waals surface area contributed by atoms with Crippen molar-refractivity contribution in [3.63, 3.8) is 0 Å². The lowest BCUT2D eigenvalue weighted by atomic mass is 10.3. The predicted molar refractivity (Wildman–Crippen MR) is 63.4 cm³/mol. The highest BCUT2D eigenvalue weighted by atomic mass is 16.5. The molecule has 1 fully saturated rings. The molecule has 1 aliphatic heterocycles. The smallest absolute Gasteiger partial charge is 0.239 e. The quantitative estimate of drug-likeness (QED) is 0.632. The van der Waals surface area contributed by atoms with E-state index in [2.05, 4.69) is 17.3 Å². The first-order chi connectivity index (χ1) is 7.69. The lowest BCUT2D eigenvalue weighted by Crippen LogP contribution is -2.40. The van der Waals surface area contributed by atoms with Crippen LogP contribution in [0.1, 0.15) is 6.42 Å². The van der Waals surface area contributed by atoms with Crippen LogP contribution in [0.4, 0.5) is 0 Å². The number of ether oxygens (including phenoxy) is 1. The van der Waals surface area contributed by atoms with Crippen LogP contribution in [0.5, 0.6) is 0 Å². The monoisotopic (exact) mass is 229 g/mol. The molecule has 1 unspecified atom stereocenters. The van der Waals surface area contributed by atoms with E-state index in [1.165, 1.54) is 0 Å². The van der Waals surface area contributed by atoms with Gasteiger partial charge in [0.25, 0.3) is 0 Å². The molecule has 0 aromatic rings. The zero-order valence-corrected chi connectivity index (χ0v) is 10.5. The molecule has 0 bridgehead atoms. The number of carbonyl (C=O) groups excluding carboxylic acids is 1. The van der Waals surface area contributed by atoms with Gasteiger partial charge in [-0.25, -0.2) is 0 Å². The van der Waals surface area contributed by atoms with E-state index in [1.54, 1.807) is 7.11 Å². The van der Waals surface area contributed by atoms with Gasteiger partial charge in [-0.2, -0.15) is 0 Å². The summed E-state index contributed by atoms with van der Waals surface area (Å²) in [6.45, 7) is 4.25. The van der Waals surface area contributed by atoms with E-state index in [4.69, 9.17) is 4.74 Å². The number of methoxy groups -OCH3 is 1. The highest BCUT2D eigenvalue weighted by Crippen LogP contribution is 2.09. The third-order valence-electron chi connectivity index (χ3n) is 3.07. The molecule has 1 aliphatic rings. The summed E-state index contributed by atoms with van der Waals surface area (Å²) in [5.74, 6) is 0.239. The number of likely N-dealkylation sites (tertiary alicyclic amines) is 1. The van der Waals surface area contributed by atoms with Crippen LogP contribution in [0.2, 0.25) is 0 Å². The Hall–Kier alpha value is -0.650. The molecule has 5 heteroatoms. The molecule has 1 rings (SSSR count). The number of amides is 1. The average Bonchev–Trinajstić information content (AvgIpc) is 2.64. The van der Waals surface area contributed by atoms with Gasteiger partial charge in [-0.15, -0.1) is 0 Å². The molecule has 0 radical (unpaired) electrons. The first kappa shape index (κ1) is 13.4. The fraction of sp³-hybridized carbons (Fsp3) is 0.909. The van der Waals surface area contributed by atoms with E-state index in [0.717, 1.165) is 39.2 Å². The van der Waals surface area contributed by atoms with Crippen molar-refractivity contribution in [1.82, 2.24) is 15.1 Å². The van der Waals surface area contributed by atoms with Crippen LogP contribution in [0.3, 0.4) is 0 Å². The fourth-order valence-corrected chi connectivity index (χ4v) is 1.88. The van der Waals surface area contributed by atoms with E-state index in [0.29, 0.717) is 0 Å². The Balaban J connectivity index is 2.20. The van der Waals surface area contributed by atoms with Crippen molar-refractivity contribution in [3.8, 4) is 0 Å². The van der Waals surface area contributed by atoms with E-state index in [1.807, 2.05) is 11.9 Å². The van der Waals surface area contributed by atoms with Crippen LogP contribution in [-0.4, -0.2) is 75.7 Å². The first-order valence-electron chi connectivity index (χ1n) is 5.82. The summed E-state index contributed by atoms with van der Waals surface area (Å²) in [5, 5.41) is 3.04. The van der Waals surface area contributed by atoms with Gasteiger partial charge in [0.2, 0.25) is 5.91 Å². The van der Waals surface area contributed by atoms with E-state index in [-0.39, 0.29) is 11.9 Å². The minimum absolute atomic E-state index is 0.0317. The molecule has 1 amide bonds. The van der Waals surface area contributed by atoms with Gasteiger partial charge < -0.3 is 19.9 Å². The molecule has 0 spiro atoms. The van der Waals surface area contributed by atoms with Crippen molar-refractivity contribution in [1.29, 1.82) is 0 Å². The molecular formula is C11H23N3O2. The van der Waals surface area contributed by atoms with Crippen LogP contribution in [-0.2, 0) is 9.53 Å². The average molecular weight is 229 g/mol. The fourth-order valence-electron chi connectivity index (χ4n) is 1.88. The maximum absolute atomic E-state index is 11.8. The Bertz CT molecular complexity index is 223.